The third kappa shape index (κ3) is 3.53. The minimum atomic E-state index is -0.544. The Morgan fingerprint density at radius 2 is 2.07 bits per heavy atom. The molecule has 0 radical (unpaired) electrons. The fourth-order valence-corrected chi connectivity index (χ4v) is 3.64. The van der Waals surface area contributed by atoms with Gasteiger partial charge in [0, 0.05) is 22.2 Å². The van der Waals surface area contributed by atoms with Crippen LogP contribution in [0.5, 0.6) is 11.5 Å². The van der Waals surface area contributed by atoms with Crippen LogP contribution >= 0.6 is 23.2 Å². The van der Waals surface area contributed by atoms with Crippen LogP contribution < -0.4 is 9.47 Å². The molecule has 28 heavy (non-hydrogen) atoms. The van der Waals surface area contributed by atoms with Gasteiger partial charge in [-0.2, -0.15) is 0 Å². The molecule has 0 saturated carbocycles. The predicted octanol–water partition coefficient (Wildman–Crippen LogP) is 5.00. The van der Waals surface area contributed by atoms with Gasteiger partial charge in [0.15, 0.2) is 11.9 Å². The van der Waals surface area contributed by atoms with E-state index in [0.29, 0.717) is 51.3 Å². The van der Waals surface area contributed by atoms with Crippen LogP contribution in [-0.2, 0) is 9.53 Å². The summed E-state index contributed by atoms with van der Waals surface area (Å²) in [6, 6.07) is 8.17. The number of ether oxygens (including phenoxy) is 3. The Labute approximate surface area is 171 Å². The van der Waals surface area contributed by atoms with Crippen LogP contribution in [0.1, 0.15) is 34.3 Å². The van der Waals surface area contributed by atoms with Crippen molar-refractivity contribution >= 4 is 41.0 Å². The average molecular weight is 419 g/mol. The maximum atomic E-state index is 12.7. The number of ketones is 1. The van der Waals surface area contributed by atoms with E-state index in [1.54, 1.807) is 43.3 Å². The van der Waals surface area contributed by atoms with Crippen molar-refractivity contribution in [3.05, 3.63) is 62.8 Å². The lowest BCUT2D eigenvalue weighted by Crippen LogP contribution is -2.25. The molecule has 1 atom stereocenters. The Kier molecular flexibility index (Phi) is 5.15. The van der Waals surface area contributed by atoms with Crippen molar-refractivity contribution in [2.75, 3.05) is 6.61 Å². The zero-order valence-corrected chi connectivity index (χ0v) is 16.5. The van der Waals surface area contributed by atoms with Crippen molar-refractivity contribution in [3.8, 4) is 11.5 Å². The number of esters is 1. The molecule has 1 saturated heterocycles. The third-order valence-corrected chi connectivity index (χ3v) is 5.25. The van der Waals surface area contributed by atoms with E-state index in [-0.39, 0.29) is 11.5 Å². The molecule has 0 N–H and O–H groups in total. The molecule has 1 fully saturated rings. The van der Waals surface area contributed by atoms with E-state index in [9.17, 15) is 9.59 Å². The molecule has 0 amide bonds. The number of rotatable bonds is 3. The topological polar surface area (TPSA) is 61.8 Å². The van der Waals surface area contributed by atoms with Crippen molar-refractivity contribution in [1.82, 2.24) is 0 Å². The summed E-state index contributed by atoms with van der Waals surface area (Å²) in [5.41, 5.74) is 1.60. The number of fused-ring (bicyclic) bond motifs is 1. The summed E-state index contributed by atoms with van der Waals surface area (Å²) in [5, 5.41) is 0.915. The summed E-state index contributed by atoms with van der Waals surface area (Å²) in [6.45, 7) is 2.30. The maximum absolute atomic E-state index is 12.7. The first kappa shape index (κ1) is 19.0. The van der Waals surface area contributed by atoms with Gasteiger partial charge in [-0.3, -0.25) is 4.79 Å². The van der Waals surface area contributed by atoms with E-state index >= 15 is 0 Å². The quantitative estimate of drug-likeness (QED) is 0.398. The van der Waals surface area contributed by atoms with Crippen LogP contribution in [0.3, 0.4) is 0 Å². The Morgan fingerprint density at radius 1 is 1.25 bits per heavy atom. The lowest BCUT2D eigenvalue weighted by atomic mass is 10.1. The van der Waals surface area contributed by atoms with Gasteiger partial charge in [-0.15, -0.1) is 0 Å². The number of carbonyl (C=O) groups is 2. The monoisotopic (exact) mass is 418 g/mol. The normalized spacial score (nSPS) is 19.6. The lowest BCUT2D eigenvalue weighted by molar-refractivity contribution is -0.144. The van der Waals surface area contributed by atoms with Gasteiger partial charge in [0.25, 0.3) is 0 Å². The first-order valence-corrected chi connectivity index (χ1v) is 9.56. The molecule has 0 aromatic heterocycles. The average Bonchev–Trinajstić information content (AvgIpc) is 3.30. The molecule has 0 spiro atoms. The molecule has 5 nitrogen and oxygen atoms in total. The van der Waals surface area contributed by atoms with E-state index in [1.807, 2.05) is 0 Å². The second kappa shape index (κ2) is 7.59. The number of hydrogen-bond donors (Lipinski definition) is 0. The van der Waals surface area contributed by atoms with E-state index in [4.69, 9.17) is 37.4 Å². The van der Waals surface area contributed by atoms with E-state index in [0.717, 1.165) is 6.42 Å². The highest BCUT2D eigenvalue weighted by atomic mass is 35.5. The van der Waals surface area contributed by atoms with E-state index < -0.39 is 12.1 Å². The van der Waals surface area contributed by atoms with Gasteiger partial charge >= 0.3 is 5.97 Å². The lowest BCUT2D eigenvalue weighted by Gasteiger charge is -2.12. The van der Waals surface area contributed by atoms with Crippen LogP contribution in [0.25, 0.3) is 6.08 Å². The molecule has 2 aromatic carbocycles. The van der Waals surface area contributed by atoms with Crippen LogP contribution in [0.15, 0.2) is 36.1 Å². The first-order valence-electron chi connectivity index (χ1n) is 8.80. The summed E-state index contributed by atoms with van der Waals surface area (Å²) >= 11 is 12.1. The Hall–Kier alpha value is -2.34. The van der Waals surface area contributed by atoms with Gasteiger partial charge in [0.2, 0.25) is 5.78 Å². The van der Waals surface area contributed by atoms with Crippen LogP contribution in [-0.4, -0.2) is 24.5 Å². The molecule has 2 aliphatic heterocycles. The maximum Gasteiger partial charge on any atom is 0.340 e. The standard InChI is InChI=1S/C21H16Cl2O5/c1-11-16(28-21(25)17-3-2-8-26-17)7-6-14-19(24)18(27-20(11)14)9-12-4-5-13(22)10-15(12)23/h4-7,9-10,17H,2-3,8H2,1H3/b18-9-. The summed E-state index contributed by atoms with van der Waals surface area (Å²) < 4.78 is 16.6. The highest BCUT2D eigenvalue weighted by Gasteiger charge is 2.32. The number of benzene rings is 2. The molecular weight excluding hydrogens is 403 g/mol. The van der Waals surface area contributed by atoms with Crippen molar-refractivity contribution in [1.29, 1.82) is 0 Å². The van der Waals surface area contributed by atoms with Crippen molar-refractivity contribution in [2.45, 2.75) is 25.9 Å². The molecule has 7 heteroatoms. The van der Waals surface area contributed by atoms with Crippen molar-refractivity contribution in [3.63, 3.8) is 0 Å². The molecule has 0 aliphatic carbocycles. The zero-order valence-electron chi connectivity index (χ0n) is 15.0. The molecule has 1 unspecified atom stereocenters. The largest absolute Gasteiger partial charge is 0.452 e. The fourth-order valence-electron chi connectivity index (χ4n) is 3.18. The summed E-state index contributed by atoms with van der Waals surface area (Å²) in [5.74, 6) is 0.163. The molecule has 4 rings (SSSR count). The molecule has 2 aliphatic rings. The van der Waals surface area contributed by atoms with Crippen LogP contribution in [0.2, 0.25) is 10.0 Å². The number of hydrogen-bond acceptors (Lipinski definition) is 5. The second-order valence-electron chi connectivity index (χ2n) is 6.59. The van der Waals surface area contributed by atoms with Crippen molar-refractivity contribution < 1.29 is 23.8 Å². The first-order chi connectivity index (χ1) is 13.4. The van der Waals surface area contributed by atoms with E-state index in [1.165, 1.54) is 0 Å². The van der Waals surface area contributed by atoms with Gasteiger partial charge in [0.05, 0.1) is 5.56 Å². The summed E-state index contributed by atoms with van der Waals surface area (Å²) in [4.78, 5) is 24.9. The van der Waals surface area contributed by atoms with Gasteiger partial charge < -0.3 is 14.2 Å². The minimum absolute atomic E-state index is 0.143. The van der Waals surface area contributed by atoms with Gasteiger partial charge in [-0.05, 0) is 55.7 Å². The summed E-state index contributed by atoms with van der Waals surface area (Å²) in [6.07, 6.45) is 2.50. The smallest absolute Gasteiger partial charge is 0.340 e. The summed E-state index contributed by atoms with van der Waals surface area (Å²) in [7, 11) is 0. The van der Waals surface area contributed by atoms with E-state index in [2.05, 4.69) is 0 Å². The predicted molar refractivity (Wildman–Crippen MR) is 105 cm³/mol. The fraction of sp³-hybridized carbons (Fsp3) is 0.238. The highest BCUT2D eigenvalue weighted by molar-refractivity contribution is 6.35. The molecular formula is C21H16Cl2O5. The Balaban J connectivity index is 1.61. The minimum Gasteiger partial charge on any atom is -0.452 e. The highest BCUT2D eigenvalue weighted by Crippen LogP contribution is 2.40. The SMILES string of the molecule is Cc1c(OC(=O)C2CCCO2)ccc2c1O/C(=C\c1ccc(Cl)cc1Cl)C2=O. The van der Waals surface area contributed by atoms with Gasteiger partial charge in [-0.1, -0.05) is 29.3 Å². The Bertz CT molecular complexity index is 1010. The zero-order chi connectivity index (χ0) is 19.8. The molecule has 2 heterocycles. The number of Topliss-reactive ketones (excluding diaryl/α,β-unsaturated/α-hetero) is 1. The third-order valence-electron chi connectivity index (χ3n) is 4.69. The van der Waals surface area contributed by atoms with Crippen LogP contribution in [0.4, 0.5) is 0 Å². The molecule has 144 valence electrons. The van der Waals surface area contributed by atoms with Crippen molar-refractivity contribution in [2.24, 2.45) is 0 Å². The number of halogens is 2. The molecule has 0 bridgehead atoms. The number of allylic oxidation sites excluding steroid dienone is 1. The van der Waals surface area contributed by atoms with Gasteiger partial charge in [-0.25, -0.2) is 4.79 Å². The Morgan fingerprint density at radius 3 is 2.79 bits per heavy atom. The number of carbonyl (C=O) groups excluding carboxylic acids is 2. The molecule has 2 aromatic rings. The van der Waals surface area contributed by atoms with Gasteiger partial charge in [0.1, 0.15) is 11.5 Å². The van der Waals surface area contributed by atoms with Crippen LogP contribution in [0, 0.1) is 6.92 Å². The second-order valence-corrected chi connectivity index (χ2v) is 7.44.